The zero-order valence-corrected chi connectivity index (χ0v) is 34.9. The van der Waals surface area contributed by atoms with E-state index >= 15 is 0 Å². The molecule has 0 saturated heterocycles. The van der Waals surface area contributed by atoms with E-state index < -0.39 is 5.41 Å². The van der Waals surface area contributed by atoms with Gasteiger partial charge in [-0.3, -0.25) is 0 Å². The number of hydrogen-bond donors (Lipinski definition) is 0. The first kappa shape index (κ1) is 36.7. The van der Waals surface area contributed by atoms with Crippen molar-refractivity contribution in [2.45, 2.75) is 5.41 Å². The van der Waals surface area contributed by atoms with E-state index in [-0.39, 0.29) is 0 Å². The monoisotopic (exact) mass is 829 g/mol. The molecule has 0 atom stereocenters. The Labute approximate surface area is 375 Å². The molecule has 11 aromatic rings. The average molecular weight is 830 g/mol. The van der Waals surface area contributed by atoms with Crippen molar-refractivity contribution in [3.05, 3.63) is 246 Å². The second-order valence-electron chi connectivity index (χ2n) is 16.6. The van der Waals surface area contributed by atoms with Gasteiger partial charge in [-0.1, -0.05) is 164 Å². The summed E-state index contributed by atoms with van der Waals surface area (Å²) in [5.74, 6) is 3.30. The lowest BCUT2D eigenvalue weighted by atomic mass is 9.66. The fourth-order valence-electron chi connectivity index (χ4n) is 10.3. The summed E-state index contributed by atoms with van der Waals surface area (Å²) < 4.78 is 9.47. The molecule has 0 unspecified atom stereocenters. The number of aromatic nitrogens is 4. The van der Waals surface area contributed by atoms with E-state index in [2.05, 4.69) is 143 Å². The highest BCUT2D eigenvalue weighted by Gasteiger charge is 2.51. The second-order valence-corrected chi connectivity index (χ2v) is 16.6. The smallest absolute Gasteiger partial charge is 0.188 e. The van der Waals surface area contributed by atoms with E-state index in [4.69, 9.17) is 26.3 Å². The third-order valence-corrected chi connectivity index (χ3v) is 13.1. The van der Waals surface area contributed by atoms with Crippen molar-refractivity contribution in [1.29, 1.82) is 0 Å². The number of benzene rings is 9. The summed E-state index contributed by atoms with van der Waals surface area (Å²) in [7, 11) is 0. The van der Waals surface area contributed by atoms with Crippen LogP contribution >= 0.6 is 0 Å². The highest BCUT2D eigenvalue weighted by molar-refractivity contribution is 6.11. The zero-order chi connectivity index (χ0) is 43.1. The quantitative estimate of drug-likeness (QED) is 0.162. The minimum absolute atomic E-state index is 0.564. The van der Waals surface area contributed by atoms with Crippen LogP contribution in [0.5, 0.6) is 11.5 Å². The summed E-state index contributed by atoms with van der Waals surface area (Å²) in [6.07, 6.45) is 0. The van der Waals surface area contributed by atoms with Crippen LogP contribution in [0.15, 0.2) is 212 Å². The van der Waals surface area contributed by atoms with Gasteiger partial charge in [-0.25, -0.2) is 19.8 Å². The summed E-state index contributed by atoms with van der Waals surface area (Å²) in [5, 5.41) is 2.12. The molecular weight excluding hydrogens is 795 g/mol. The van der Waals surface area contributed by atoms with Gasteiger partial charge in [0.15, 0.2) is 23.2 Å². The van der Waals surface area contributed by atoms with Crippen LogP contribution in [-0.2, 0) is 5.41 Å². The molecule has 1 aliphatic heterocycles. The predicted octanol–water partition coefficient (Wildman–Crippen LogP) is 14.7. The van der Waals surface area contributed by atoms with Crippen molar-refractivity contribution in [3.63, 3.8) is 0 Å². The molecule has 0 fully saturated rings. The molecule has 13 rings (SSSR count). The molecule has 2 aromatic heterocycles. The molecule has 65 heavy (non-hydrogen) atoms. The van der Waals surface area contributed by atoms with Gasteiger partial charge in [0, 0.05) is 38.9 Å². The molecule has 1 spiro atoms. The average Bonchev–Trinajstić information content (AvgIpc) is 3.86. The van der Waals surface area contributed by atoms with Gasteiger partial charge >= 0.3 is 0 Å². The Hall–Kier alpha value is -8.92. The number of para-hydroxylation sites is 1. The molecule has 0 N–H and O–H groups in total. The minimum atomic E-state index is -0.653. The van der Waals surface area contributed by atoms with Gasteiger partial charge in [-0.15, -0.1) is 0 Å². The maximum Gasteiger partial charge on any atom is 0.188 e. The van der Waals surface area contributed by atoms with Crippen LogP contribution in [0.1, 0.15) is 22.3 Å². The Bertz CT molecular complexity index is 3660. The Morgan fingerprint density at radius 3 is 1.46 bits per heavy atom. The van der Waals surface area contributed by atoms with Gasteiger partial charge in [0.2, 0.25) is 0 Å². The summed E-state index contributed by atoms with van der Waals surface area (Å²) in [4.78, 5) is 18.9. The van der Waals surface area contributed by atoms with Crippen LogP contribution < -0.4 is 4.74 Å². The normalized spacial score (nSPS) is 12.8. The summed E-state index contributed by atoms with van der Waals surface area (Å²) in [6, 6.07) is 73.9. The van der Waals surface area contributed by atoms with E-state index in [1.807, 2.05) is 78.9 Å². The molecule has 302 valence electrons. The topological polar surface area (TPSA) is 57.2 Å². The van der Waals surface area contributed by atoms with Crippen LogP contribution in [0.25, 0.3) is 88.8 Å². The van der Waals surface area contributed by atoms with Crippen LogP contribution in [-0.4, -0.2) is 19.5 Å². The Morgan fingerprint density at radius 2 is 0.862 bits per heavy atom. The van der Waals surface area contributed by atoms with Crippen LogP contribution in [0.3, 0.4) is 0 Å². The fraction of sp³-hybridized carbons (Fsp3) is 0.0169. The van der Waals surface area contributed by atoms with Crippen molar-refractivity contribution >= 4 is 27.5 Å². The first-order valence-electron chi connectivity index (χ1n) is 21.7. The SMILES string of the molecule is [C-]#[N+]c1ccc2c(c1)c1cc(-c3ccc4c(c3)Oc3cc(-c5nc(-c6ccccc6)nc(-c6ccccc6)n5)ccc3C43c4ccccc4-c4ccccc43)ccc1n2-c1ccccc1. The Balaban J connectivity index is 1.02. The Morgan fingerprint density at radius 1 is 0.400 bits per heavy atom. The Kier molecular flexibility index (Phi) is 8.08. The van der Waals surface area contributed by atoms with E-state index in [9.17, 15) is 0 Å². The van der Waals surface area contributed by atoms with Gasteiger partial charge in [0.25, 0.3) is 0 Å². The minimum Gasteiger partial charge on any atom is -0.457 e. The van der Waals surface area contributed by atoms with Crippen molar-refractivity contribution in [2.75, 3.05) is 0 Å². The number of hydrogen-bond acceptors (Lipinski definition) is 4. The van der Waals surface area contributed by atoms with Crippen LogP contribution in [0.2, 0.25) is 0 Å². The van der Waals surface area contributed by atoms with Gasteiger partial charge in [-0.2, -0.15) is 0 Å². The third kappa shape index (κ3) is 5.56. The molecule has 6 nitrogen and oxygen atoms in total. The van der Waals surface area contributed by atoms with Crippen LogP contribution in [0, 0.1) is 6.57 Å². The zero-order valence-electron chi connectivity index (χ0n) is 34.9. The lowest BCUT2D eigenvalue weighted by Crippen LogP contribution is -2.32. The highest BCUT2D eigenvalue weighted by Crippen LogP contribution is 2.62. The maximum absolute atomic E-state index is 7.82. The van der Waals surface area contributed by atoms with E-state index in [0.29, 0.717) is 23.2 Å². The molecular formula is C59H35N5O. The van der Waals surface area contributed by atoms with Crippen molar-refractivity contribution in [3.8, 4) is 73.6 Å². The summed E-state index contributed by atoms with van der Waals surface area (Å²) >= 11 is 0. The summed E-state index contributed by atoms with van der Waals surface area (Å²) in [6.45, 7) is 7.82. The summed E-state index contributed by atoms with van der Waals surface area (Å²) in [5.41, 5.74) is 14.9. The third-order valence-electron chi connectivity index (χ3n) is 13.1. The fourth-order valence-corrected chi connectivity index (χ4v) is 10.3. The first-order valence-corrected chi connectivity index (χ1v) is 21.7. The van der Waals surface area contributed by atoms with E-state index in [0.717, 1.165) is 77.9 Å². The number of rotatable bonds is 5. The van der Waals surface area contributed by atoms with Gasteiger partial charge < -0.3 is 9.30 Å². The number of fused-ring (bicyclic) bond motifs is 12. The standard InChI is InChI=1S/C59H35N5O/c1-60-42-28-32-53-47(36-42)46-33-39(27-31-52(46)64(53)43-19-9-4-10-20-43)40-25-29-50-54(34-40)65-55-35-41(26-30-51(55)59(50)48-23-13-11-21-44(48)45-22-12-14-24-49(45)59)58-62-56(37-15-5-2-6-16-37)61-57(63-58)38-17-7-3-8-18-38/h2-36H. The van der Waals surface area contributed by atoms with Crippen molar-refractivity contribution in [1.82, 2.24) is 19.5 Å². The first-order chi connectivity index (χ1) is 32.2. The van der Waals surface area contributed by atoms with E-state index in [1.165, 1.54) is 22.3 Å². The maximum atomic E-state index is 7.82. The second kappa shape index (κ2) is 14.3. The van der Waals surface area contributed by atoms with Crippen molar-refractivity contribution in [2.24, 2.45) is 0 Å². The van der Waals surface area contributed by atoms with Crippen molar-refractivity contribution < 1.29 is 4.74 Å². The van der Waals surface area contributed by atoms with Gasteiger partial charge in [-0.05, 0) is 87.3 Å². The molecule has 3 heterocycles. The molecule has 0 amide bonds. The van der Waals surface area contributed by atoms with Gasteiger partial charge in [0.05, 0.1) is 23.0 Å². The molecule has 9 aromatic carbocycles. The van der Waals surface area contributed by atoms with Gasteiger partial charge in [0.1, 0.15) is 11.5 Å². The molecule has 1 aliphatic carbocycles. The lowest BCUT2D eigenvalue weighted by molar-refractivity contribution is 0.437. The predicted molar refractivity (Wildman–Crippen MR) is 260 cm³/mol. The molecule has 0 bridgehead atoms. The van der Waals surface area contributed by atoms with E-state index in [1.54, 1.807) is 0 Å². The number of ether oxygens (including phenoxy) is 1. The van der Waals surface area contributed by atoms with Crippen LogP contribution in [0.4, 0.5) is 5.69 Å². The largest absolute Gasteiger partial charge is 0.457 e. The lowest BCUT2D eigenvalue weighted by Gasteiger charge is -2.39. The molecule has 2 aliphatic rings. The molecule has 0 saturated carbocycles. The number of nitrogens with zero attached hydrogens (tertiary/aromatic N) is 5. The molecule has 6 heteroatoms. The highest BCUT2D eigenvalue weighted by atomic mass is 16.5. The molecule has 0 radical (unpaired) electrons.